The van der Waals surface area contributed by atoms with Crippen LogP contribution < -0.4 is 0 Å². The molecule has 0 amide bonds. The van der Waals surface area contributed by atoms with Crippen LogP contribution in [0.5, 0.6) is 0 Å². The molecule has 0 aliphatic carbocycles. The molecule has 0 saturated heterocycles. The highest BCUT2D eigenvalue weighted by Crippen LogP contribution is 2.54. The fraction of sp³-hybridized carbons (Fsp3) is 1.00. The summed E-state index contributed by atoms with van der Waals surface area (Å²) in [6.07, 6.45) is -111. The number of hydrogen-bond donors (Lipinski definition) is 1. The Morgan fingerprint density at radius 3 is 0.440 bits per heavy atom. The van der Waals surface area contributed by atoms with Crippen LogP contribution in [-0.4, -0.2) is 90.7 Å². The first-order valence-electron chi connectivity index (χ1n) is 9.90. The van der Waals surface area contributed by atoms with Gasteiger partial charge in [0.25, 0.3) is 0 Å². The molecule has 1 N–H and O–H groups in total. The van der Waals surface area contributed by atoms with Gasteiger partial charge in [0.2, 0.25) is 0 Å². The van der Waals surface area contributed by atoms with Crippen molar-refractivity contribution >= 4 is 0 Å². The lowest BCUT2D eigenvalue weighted by Crippen LogP contribution is -2.62. The monoisotopic (exact) mass is 832 g/mol. The summed E-state index contributed by atoms with van der Waals surface area (Å²) in [6, 6.07) is 0. The summed E-state index contributed by atoms with van der Waals surface area (Å²) in [4.78, 5) is 0. The lowest BCUT2D eigenvalue weighted by Gasteiger charge is -2.37. The number of rotatable bonds is 18. The molecule has 0 aliphatic rings. The third-order valence-electron chi connectivity index (χ3n) is 3.91. The van der Waals surface area contributed by atoms with E-state index in [2.05, 4.69) is 0 Å². The van der Waals surface area contributed by atoms with Crippen molar-refractivity contribution in [3.8, 4) is 0 Å². The highest BCUT2D eigenvalue weighted by molar-refractivity contribution is 4.82. The lowest BCUT2D eigenvalue weighted by atomic mass is 10.4. The molecule has 36 heteroatoms. The van der Waals surface area contributed by atoms with Gasteiger partial charge in [-0.1, -0.05) is 0 Å². The van der Waals surface area contributed by atoms with Gasteiger partial charge in [-0.2, -0.15) is 127 Å². The van der Waals surface area contributed by atoms with Gasteiger partial charge in [-0.15, -0.1) is 0 Å². The zero-order valence-electron chi connectivity index (χ0n) is 20.9. The standard InChI is InChI=1S/C14HF29O7/c15-1(16,17)3(20,21)45-5(24,25)7(28,29)47-9(32,33)11(36,37)49-13(40,41)14(42,43)50-12(38,39)10(34,35)48-8(30,31)6(26,27)46-4(22,23)2(18,19)44/h44H. The van der Waals surface area contributed by atoms with Crippen molar-refractivity contribution in [2.24, 2.45) is 0 Å². The van der Waals surface area contributed by atoms with E-state index < -0.39 is 85.6 Å². The van der Waals surface area contributed by atoms with Gasteiger partial charge in [0.05, 0.1) is 0 Å². The minimum atomic E-state index is -8.36. The Morgan fingerprint density at radius 2 is 0.320 bits per heavy atom. The van der Waals surface area contributed by atoms with Crippen LogP contribution in [-0.2, 0) is 28.4 Å². The molecule has 0 heterocycles. The summed E-state index contributed by atoms with van der Waals surface area (Å²) in [5.41, 5.74) is 0. The highest BCUT2D eigenvalue weighted by Gasteiger charge is 2.81. The van der Waals surface area contributed by atoms with E-state index in [0.29, 0.717) is 0 Å². The first-order valence-corrected chi connectivity index (χ1v) is 9.90. The average Bonchev–Trinajstić information content (AvgIpc) is 2.72. The fourth-order valence-corrected chi connectivity index (χ4v) is 1.68. The molecule has 0 radical (unpaired) electrons. The van der Waals surface area contributed by atoms with Gasteiger partial charge in [0.1, 0.15) is 0 Å². The van der Waals surface area contributed by atoms with Crippen molar-refractivity contribution in [1.29, 1.82) is 0 Å². The van der Waals surface area contributed by atoms with E-state index in [1.807, 2.05) is 0 Å². The van der Waals surface area contributed by atoms with Crippen molar-refractivity contribution in [3.05, 3.63) is 0 Å². The maximum absolute atomic E-state index is 13.4. The van der Waals surface area contributed by atoms with Crippen LogP contribution in [0.2, 0.25) is 0 Å². The van der Waals surface area contributed by atoms with E-state index in [1.54, 1.807) is 0 Å². The molecular weight excluding hydrogens is 831 g/mol. The van der Waals surface area contributed by atoms with Gasteiger partial charge in [-0.05, 0) is 0 Å². The van der Waals surface area contributed by atoms with Gasteiger partial charge in [-0.25, -0.2) is 28.4 Å². The van der Waals surface area contributed by atoms with Gasteiger partial charge < -0.3 is 5.11 Å². The maximum atomic E-state index is 13.4. The molecule has 0 aromatic rings. The molecule has 0 atom stereocenters. The SMILES string of the molecule is OC(F)(F)C(F)(F)OC(F)(F)C(F)(F)OC(F)(F)C(F)(F)OC(F)(F)C(F)(F)OC(F)(F)C(F)(F)OC(F)(F)C(F)(F)OC(F)(F)C(F)(F)F. The van der Waals surface area contributed by atoms with E-state index in [0.717, 1.165) is 23.7 Å². The van der Waals surface area contributed by atoms with Crippen molar-refractivity contribution in [3.63, 3.8) is 0 Å². The minimum absolute atomic E-state index is 1.02. The summed E-state index contributed by atoms with van der Waals surface area (Å²) in [5.74, 6) is 0. The first-order chi connectivity index (χ1) is 21.0. The molecule has 0 aromatic heterocycles. The quantitative estimate of drug-likeness (QED) is 0.139. The Kier molecular flexibility index (Phi) is 12.1. The van der Waals surface area contributed by atoms with Crippen LogP contribution >= 0.6 is 0 Å². The Labute approximate surface area is 248 Å². The molecule has 0 saturated carbocycles. The number of alkyl halides is 29. The van der Waals surface area contributed by atoms with E-state index in [4.69, 9.17) is 5.11 Å². The van der Waals surface area contributed by atoms with E-state index in [9.17, 15) is 127 Å². The Bertz CT molecular complexity index is 1080. The van der Waals surface area contributed by atoms with Gasteiger partial charge in [-0.3, -0.25) is 0 Å². The molecule has 0 aliphatic heterocycles. The molecule has 0 rings (SSSR count). The number of hydrogen-bond acceptors (Lipinski definition) is 7. The summed E-state index contributed by atoms with van der Waals surface area (Å²) in [7, 11) is 0. The third kappa shape index (κ3) is 9.76. The molecular formula is C14HF29O7. The normalized spacial score (nSPS) is 16.7. The van der Waals surface area contributed by atoms with Gasteiger partial charge in [0, 0.05) is 0 Å². The zero-order valence-corrected chi connectivity index (χ0v) is 20.9. The molecule has 0 spiro atoms. The van der Waals surface area contributed by atoms with Crippen LogP contribution in [0.15, 0.2) is 0 Å². The van der Waals surface area contributed by atoms with E-state index in [-0.39, 0.29) is 0 Å². The summed E-state index contributed by atoms with van der Waals surface area (Å²) in [5, 5.41) is 7.50. The fourth-order valence-electron chi connectivity index (χ4n) is 1.68. The molecule has 302 valence electrons. The van der Waals surface area contributed by atoms with Crippen molar-refractivity contribution in [2.75, 3.05) is 0 Å². The second-order valence-electron chi connectivity index (χ2n) is 7.85. The van der Waals surface area contributed by atoms with E-state index in [1.165, 1.54) is 4.74 Å². The molecule has 0 aromatic carbocycles. The van der Waals surface area contributed by atoms with Crippen LogP contribution in [0.4, 0.5) is 127 Å². The summed E-state index contributed by atoms with van der Waals surface area (Å²) in [6.45, 7) is 0. The highest BCUT2D eigenvalue weighted by atomic mass is 19.4. The van der Waals surface area contributed by atoms with Gasteiger partial charge in [0.15, 0.2) is 0 Å². The van der Waals surface area contributed by atoms with E-state index >= 15 is 0 Å². The second kappa shape index (κ2) is 12.7. The number of halogens is 29. The third-order valence-corrected chi connectivity index (χ3v) is 3.91. The second-order valence-corrected chi connectivity index (χ2v) is 7.85. The van der Waals surface area contributed by atoms with Crippen molar-refractivity contribution in [1.82, 2.24) is 0 Å². The summed E-state index contributed by atoms with van der Waals surface area (Å²) < 4.78 is 380. The van der Waals surface area contributed by atoms with Crippen LogP contribution in [0.25, 0.3) is 0 Å². The first kappa shape index (κ1) is 47.7. The largest absolute Gasteiger partial charge is 0.483 e. The predicted molar refractivity (Wildman–Crippen MR) is 79.1 cm³/mol. The average molecular weight is 832 g/mol. The molecule has 7 nitrogen and oxygen atoms in total. The molecule has 0 bridgehead atoms. The number of aliphatic hydroxyl groups is 1. The van der Waals surface area contributed by atoms with Crippen LogP contribution in [0, 0.1) is 0 Å². The lowest BCUT2D eigenvalue weighted by molar-refractivity contribution is -0.597. The predicted octanol–water partition coefficient (Wildman–Crippen LogP) is 8.35. The van der Waals surface area contributed by atoms with Gasteiger partial charge >= 0.3 is 85.6 Å². The minimum Gasteiger partial charge on any atom is -0.329 e. The Morgan fingerprint density at radius 1 is 0.200 bits per heavy atom. The van der Waals surface area contributed by atoms with Crippen LogP contribution in [0.1, 0.15) is 0 Å². The number of ether oxygens (including phenoxy) is 6. The topological polar surface area (TPSA) is 75.6 Å². The summed E-state index contributed by atoms with van der Waals surface area (Å²) >= 11 is 0. The maximum Gasteiger partial charge on any atom is 0.483 e. The smallest absolute Gasteiger partial charge is 0.329 e. The Balaban J connectivity index is 6.33. The molecule has 50 heavy (non-hydrogen) atoms. The van der Waals surface area contributed by atoms with Crippen LogP contribution in [0.3, 0.4) is 0 Å². The molecule has 0 unspecified atom stereocenters. The van der Waals surface area contributed by atoms with Crippen molar-refractivity contribution < 1.29 is 161 Å². The Hall–Kier alpha value is -2.31. The zero-order chi connectivity index (χ0) is 41.2. The molecule has 0 fully saturated rings. The van der Waals surface area contributed by atoms with Crippen molar-refractivity contribution in [2.45, 2.75) is 85.6 Å².